The van der Waals surface area contributed by atoms with E-state index in [-0.39, 0.29) is 6.42 Å². The number of fused-ring (bicyclic) bond motifs is 1. The summed E-state index contributed by atoms with van der Waals surface area (Å²) in [6.45, 7) is 3.41. The first-order valence-electron chi connectivity index (χ1n) is 6.86. The van der Waals surface area contributed by atoms with Gasteiger partial charge in [-0.25, -0.2) is 5.01 Å². The zero-order chi connectivity index (χ0) is 16.1. The molecule has 0 spiro atoms. The third-order valence-electron chi connectivity index (χ3n) is 3.95. The predicted molar refractivity (Wildman–Crippen MR) is 74.2 cm³/mol. The standard InChI is InChI=1S/C15H15N3O4/c1-15(2)14(21)13(18-12(20)6-11(19)17-18)9-5-8(7-16)3-4-10(9)22-15/h3-5,13-14,21H,6H2,1-2H3,(H,17,19). The van der Waals surface area contributed by atoms with Crippen LogP contribution in [0.5, 0.6) is 5.75 Å². The number of carbonyl (C=O) groups is 2. The number of aliphatic hydroxyl groups excluding tert-OH is 1. The average molecular weight is 301 g/mol. The van der Waals surface area contributed by atoms with Gasteiger partial charge in [0.15, 0.2) is 0 Å². The van der Waals surface area contributed by atoms with E-state index >= 15 is 0 Å². The third-order valence-corrected chi connectivity index (χ3v) is 3.95. The van der Waals surface area contributed by atoms with Crippen LogP contribution in [0.2, 0.25) is 0 Å². The Kier molecular flexibility index (Phi) is 3.07. The van der Waals surface area contributed by atoms with Crippen molar-refractivity contribution in [1.82, 2.24) is 10.4 Å². The second-order valence-electron chi connectivity index (χ2n) is 5.94. The van der Waals surface area contributed by atoms with Crippen LogP contribution in [0.1, 0.15) is 37.4 Å². The topological polar surface area (TPSA) is 103 Å². The Morgan fingerprint density at radius 3 is 2.77 bits per heavy atom. The van der Waals surface area contributed by atoms with E-state index in [1.165, 1.54) is 0 Å². The summed E-state index contributed by atoms with van der Waals surface area (Å²) in [6, 6.07) is 6.02. The van der Waals surface area contributed by atoms with Crippen molar-refractivity contribution in [3.05, 3.63) is 29.3 Å². The third kappa shape index (κ3) is 2.09. The van der Waals surface area contributed by atoms with Crippen molar-refractivity contribution in [2.24, 2.45) is 0 Å². The Balaban J connectivity index is 2.13. The van der Waals surface area contributed by atoms with E-state index in [0.29, 0.717) is 16.9 Å². The van der Waals surface area contributed by atoms with Crippen LogP contribution in [0.3, 0.4) is 0 Å². The van der Waals surface area contributed by atoms with Crippen LogP contribution < -0.4 is 10.2 Å². The van der Waals surface area contributed by atoms with Gasteiger partial charge in [0, 0.05) is 5.56 Å². The Hall–Kier alpha value is -2.59. The Bertz CT molecular complexity index is 707. The maximum atomic E-state index is 12.0. The van der Waals surface area contributed by atoms with Crippen molar-refractivity contribution in [1.29, 1.82) is 5.26 Å². The van der Waals surface area contributed by atoms with Crippen LogP contribution in [0.25, 0.3) is 0 Å². The smallest absolute Gasteiger partial charge is 0.251 e. The fraction of sp³-hybridized carbons (Fsp3) is 0.400. The van der Waals surface area contributed by atoms with Gasteiger partial charge < -0.3 is 9.84 Å². The molecule has 2 heterocycles. The Morgan fingerprint density at radius 2 is 2.18 bits per heavy atom. The number of nitrogens with zero attached hydrogens (tertiary/aromatic N) is 2. The van der Waals surface area contributed by atoms with Crippen LogP contribution in [0, 0.1) is 11.3 Å². The predicted octanol–water partition coefficient (Wildman–Crippen LogP) is 0.395. The molecule has 0 aromatic heterocycles. The molecule has 0 saturated carbocycles. The fourth-order valence-corrected chi connectivity index (χ4v) is 2.80. The molecule has 22 heavy (non-hydrogen) atoms. The number of hydrazine groups is 1. The number of ether oxygens (including phenoxy) is 1. The van der Waals surface area contributed by atoms with Gasteiger partial charge in [-0.1, -0.05) is 0 Å². The second kappa shape index (κ2) is 4.71. The first-order valence-corrected chi connectivity index (χ1v) is 6.86. The number of carbonyl (C=O) groups excluding carboxylic acids is 2. The van der Waals surface area contributed by atoms with E-state index in [0.717, 1.165) is 5.01 Å². The van der Waals surface area contributed by atoms with Crippen molar-refractivity contribution in [2.75, 3.05) is 0 Å². The highest BCUT2D eigenvalue weighted by Gasteiger charge is 2.49. The van der Waals surface area contributed by atoms with Crippen molar-refractivity contribution >= 4 is 11.8 Å². The lowest BCUT2D eigenvalue weighted by atomic mass is 9.85. The number of nitriles is 1. The van der Waals surface area contributed by atoms with Crippen LogP contribution in [0.15, 0.2) is 18.2 Å². The lowest BCUT2D eigenvalue weighted by Crippen LogP contribution is -2.56. The molecule has 3 rings (SSSR count). The molecule has 2 aliphatic heterocycles. The van der Waals surface area contributed by atoms with E-state index in [1.807, 2.05) is 6.07 Å². The molecule has 1 aromatic carbocycles. The van der Waals surface area contributed by atoms with Gasteiger partial charge in [0.25, 0.3) is 5.91 Å². The van der Waals surface area contributed by atoms with Gasteiger partial charge >= 0.3 is 0 Å². The summed E-state index contributed by atoms with van der Waals surface area (Å²) >= 11 is 0. The number of nitrogens with one attached hydrogen (secondary N) is 1. The van der Waals surface area contributed by atoms with E-state index in [9.17, 15) is 14.7 Å². The number of rotatable bonds is 1. The van der Waals surface area contributed by atoms with Gasteiger partial charge in [-0.05, 0) is 32.0 Å². The molecule has 2 unspecified atom stereocenters. The minimum atomic E-state index is -1.06. The average Bonchev–Trinajstić information content (AvgIpc) is 2.78. The van der Waals surface area contributed by atoms with Gasteiger partial charge in [-0.3, -0.25) is 15.0 Å². The molecule has 7 nitrogen and oxygen atoms in total. The van der Waals surface area contributed by atoms with Crippen LogP contribution in [0.4, 0.5) is 0 Å². The lowest BCUT2D eigenvalue weighted by Gasteiger charge is -2.44. The van der Waals surface area contributed by atoms with Gasteiger partial charge in [0.1, 0.15) is 29.9 Å². The van der Waals surface area contributed by atoms with Crippen molar-refractivity contribution in [2.45, 2.75) is 38.0 Å². The quantitative estimate of drug-likeness (QED) is 0.731. The second-order valence-corrected chi connectivity index (χ2v) is 5.94. The molecule has 0 aliphatic carbocycles. The molecule has 1 saturated heterocycles. The van der Waals surface area contributed by atoms with Gasteiger partial charge in [0.05, 0.1) is 11.6 Å². The molecule has 1 fully saturated rings. The molecule has 0 bridgehead atoms. The molecule has 114 valence electrons. The maximum absolute atomic E-state index is 12.0. The van der Waals surface area contributed by atoms with Crippen molar-refractivity contribution < 1.29 is 19.4 Å². The van der Waals surface area contributed by atoms with Crippen LogP contribution >= 0.6 is 0 Å². The summed E-state index contributed by atoms with van der Waals surface area (Å²) in [5.41, 5.74) is 2.41. The molecular formula is C15H15N3O4. The highest BCUT2D eigenvalue weighted by Crippen LogP contribution is 2.43. The SMILES string of the molecule is CC1(C)Oc2ccc(C#N)cc2C(N2NC(=O)CC2=O)C1O. The van der Waals surface area contributed by atoms with Gasteiger partial charge in [-0.2, -0.15) is 5.26 Å². The number of hydrogen-bond acceptors (Lipinski definition) is 5. The van der Waals surface area contributed by atoms with E-state index in [1.54, 1.807) is 32.0 Å². The molecule has 2 aliphatic rings. The Morgan fingerprint density at radius 1 is 1.45 bits per heavy atom. The van der Waals surface area contributed by atoms with Gasteiger partial charge in [-0.15, -0.1) is 0 Å². The van der Waals surface area contributed by atoms with E-state index in [2.05, 4.69) is 5.43 Å². The molecule has 0 radical (unpaired) electrons. The molecule has 7 heteroatoms. The molecule has 2 atom stereocenters. The van der Waals surface area contributed by atoms with E-state index < -0.39 is 29.6 Å². The summed E-state index contributed by atoms with van der Waals surface area (Å²) < 4.78 is 5.77. The van der Waals surface area contributed by atoms with Gasteiger partial charge in [0.2, 0.25) is 5.91 Å². The summed E-state index contributed by atoms with van der Waals surface area (Å²) in [5.74, 6) is -0.354. The zero-order valence-corrected chi connectivity index (χ0v) is 12.2. The number of aliphatic hydroxyl groups is 1. The van der Waals surface area contributed by atoms with Crippen LogP contribution in [-0.2, 0) is 9.59 Å². The lowest BCUT2D eigenvalue weighted by molar-refractivity contribution is -0.145. The molecule has 2 N–H and O–H groups in total. The first kappa shape index (κ1) is 14.4. The summed E-state index contributed by atoms with van der Waals surface area (Å²) in [5, 5.41) is 20.8. The maximum Gasteiger partial charge on any atom is 0.251 e. The fourth-order valence-electron chi connectivity index (χ4n) is 2.80. The Labute approximate surface area is 127 Å². The van der Waals surface area contributed by atoms with Crippen molar-refractivity contribution in [3.8, 4) is 11.8 Å². The molecule has 2 amide bonds. The summed E-state index contributed by atoms with van der Waals surface area (Å²) in [4.78, 5) is 23.5. The monoisotopic (exact) mass is 301 g/mol. The largest absolute Gasteiger partial charge is 0.485 e. The first-order chi connectivity index (χ1) is 10.3. The number of hydrogen-bond donors (Lipinski definition) is 2. The van der Waals surface area contributed by atoms with E-state index in [4.69, 9.17) is 10.00 Å². The number of benzene rings is 1. The highest BCUT2D eigenvalue weighted by molar-refractivity contribution is 6.02. The summed E-state index contributed by atoms with van der Waals surface area (Å²) in [7, 11) is 0. The molecule has 1 aromatic rings. The summed E-state index contributed by atoms with van der Waals surface area (Å²) in [6.07, 6.45) is -1.31. The van der Waals surface area contributed by atoms with Crippen LogP contribution in [-0.4, -0.2) is 33.6 Å². The minimum Gasteiger partial charge on any atom is -0.485 e. The molecular weight excluding hydrogens is 286 g/mol. The van der Waals surface area contributed by atoms with Crippen molar-refractivity contribution in [3.63, 3.8) is 0 Å². The highest BCUT2D eigenvalue weighted by atomic mass is 16.5. The number of amides is 2. The zero-order valence-electron chi connectivity index (χ0n) is 12.2. The normalized spacial score (nSPS) is 26.0. The minimum absolute atomic E-state index is 0.252.